The normalized spacial score (nSPS) is 10.5. The third-order valence-corrected chi connectivity index (χ3v) is 3.83. The van der Waals surface area contributed by atoms with Gasteiger partial charge in [0.1, 0.15) is 13.2 Å². The maximum absolute atomic E-state index is 11.7. The van der Waals surface area contributed by atoms with Crippen LogP contribution in [-0.2, 0) is 26.8 Å². The minimum atomic E-state index is -2.57. The molecule has 0 heterocycles. The zero-order valence-electron chi connectivity index (χ0n) is 13.0. The summed E-state index contributed by atoms with van der Waals surface area (Å²) in [5, 5.41) is 40.2. The van der Waals surface area contributed by atoms with Crippen LogP contribution < -0.4 is 0 Å². The number of hydrogen-bond donors (Lipinski definition) is 2. The van der Waals surface area contributed by atoms with Crippen molar-refractivity contribution < 1.29 is 33.7 Å². The van der Waals surface area contributed by atoms with Gasteiger partial charge in [-0.05, 0) is 35.4 Å². The zero-order chi connectivity index (χ0) is 19.3. The van der Waals surface area contributed by atoms with Gasteiger partial charge in [0.2, 0.25) is 0 Å². The molecule has 0 bridgehead atoms. The van der Waals surface area contributed by atoms with E-state index < -0.39 is 41.0 Å². The third-order valence-electron chi connectivity index (χ3n) is 3.15. The van der Waals surface area contributed by atoms with E-state index in [9.17, 15) is 35.0 Å². The average molecular weight is 383 g/mol. The van der Waals surface area contributed by atoms with E-state index in [1.165, 1.54) is 12.1 Å². The lowest BCUT2D eigenvalue weighted by Crippen LogP contribution is -1.93. The van der Waals surface area contributed by atoms with Crippen molar-refractivity contribution in [2.24, 2.45) is 0 Å². The highest BCUT2D eigenvalue weighted by atomic mass is 31.1. The molecule has 2 N–H and O–H groups in total. The topological polar surface area (TPSA) is 162 Å². The molecular weight excluding hydrogens is 371 g/mol. The van der Waals surface area contributed by atoms with Gasteiger partial charge in [0.05, 0.1) is 9.85 Å². The van der Waals surface area contributed by atoms with Crippen LogP contribution in [0.15, 0.2) is 36.4 Å². The van der Waals surface area contributed by atoms with E-state index in [1.54, 1.807) is 0 Å². The summed E-state index contributed by atoms with van der Waals surface area (Å²) in [6.45, 7) is -0.460. The highest BCUT2D eigenvalue weighted by Gasteiger charge is 2.23. The number of benzene rings is 2. The lowest BCUT2D eigenvalue weighted by atomic mass is 10.2. The summed E-state index contributed by atoms with van der Waals surface area (Å²) < 4.78 is 21.5. The van der Waals surface area contributed by atoms with Crippen LogP contribution in [0, 0.1) is 20.2 Å². The summed E-state index contributed by atoms with van der Waals surface area (Å²) in [4.78, 5) is 19.7. The van der Waals surface area contributed by atoms with Gasteiger partial charge in [0.15, 0.2) is 11.5 Å². The van der Waals surface area contributed by atoms with Crippen molar-refractivity contribution in [3.8, 4) is 11.5 Å². The van der Waals surface area contributed by atoms with E-state index in [-0.39, 0.29) is 13.2 Å². The zero-order valence-corrected chi connectivity index (χ0v) is 13.9. The monoisotopic (exact) mass is 383 g/mol. The van der Waals surface area contributed by atoms with Crippen molar-refractivity contribution in [2.45, 2.75) is 13.2 Å². The summed E-state index contributed by atoms with van der Waals surface area (Å²) in [6, 6.07) is 7.04. The van der Waals surface area contributed by atoms with Crippen LogP contribution in [0.5, 0.6) is 11.5 Å². The van der Waals surface area contributed by atoms with Gasteiger partial charge in [-0.1, -0.05) is 0 Å². The molecule has 2 aromatic rings. The first-order valence-electron chi connectivity index (χ1n) is 6.93. The average Bonchev–Trinajstić information content (AvgIpc) is 2.57. The second-order valence-electron chi connectivity index (χ2n) is 4.93. The number of nitro benzene ring substituents is 2. The fraction of sp³-hybridized carbons (Fsp3) is 0.143. The lowest BCUT2D eigenvalue weighted by molar-refractivity contribution is -0.386. The Morgan fingerprint density at radius 1 is 0.846 bits per heavy atom. The molecular formula is C14H12N2O9P+. The van der Waals surface area contributed by atoms with Gasteiger partial charge in [-0.2, -0.15) is 0 Å². The standard InChI is InChI=1S/C14H11N2O9P/c17-13-5-9(1-3-11(13)15(19)20)7-24-26(23)25-8-10-2-4-12(16(21)22)14(18)6-10/h1-6H,7-8H2,(H-,17,18)/p+1. The Labute approximate surface area is 146 Å². The van der Waals surface area contributed by atoms with Crippen LogP contribution in [0.2, 0.25) is 0 Å². The van der Waals surface area contributed by atoms with E-state index in [4.69, 9.17) is 9.05 Å². The first-order valence-corrected chi connectivity index (χ1v) is 8.03. The van der Waals surface area contributed by atoms with Crippen LogP contribution in [0.4, 0.5) is 11.4 Å². The fourth-order valence-corrected chi connectivity index (χ4v) is 2.50. The van der Waals surface area contributed by atoms with E-state index in [0.29, 0.717) is 11.1 Å². The molecule has 2 aromatic carbocycles. The van der Waals surface area contributed by atoms with Gasteiger partial charge in [-0.3, -0.25) is 20.2 Å². The lowest BCUT2D eigenvalue weighted by Gasteiger charge is -2.00. The molecule has 0 saturated carbocycles. The minimum Gasteiger partial charge on any atom is -0.502 e. The number of phenolic OH excluding ortho intramolecular Hbond substituents is 2. The van der Waals surface area contributed by atoms with Crippen molar-refractivity contribution in [2.75, 3.05) is 0 Å². The molecule has 0 amide bonds. The fourth-order valence-electron chi connectivity index (χ4n) is 1.92. The summed E-state index contributed by atoms with van der Waals surface area (Å²) in [7, 11) is -2.57. The number of phenols is 2. The predicted molar refractivity (Wildman–Crippen MR) is 86.7 cm³/mol. The molecule has 0 aromatic heterocycles. The number of hydrogen-bond acceptors (Lipinski definition) is 9. The Kier molecular flexibility index (Phi) is 6.12. The van der Waals surface area contributed by atoms with Gasteiger partial charge < -0.3 is 10.2 Å². The van der Waals surface area contributed by atoms with Gasteiger partial charge in [-0.15, -0.1) is 9.05 Å². The number of rotatable bonds is 8. The quantitative estimate of drug-likeness (QED) is 0.395. The Balaban J connectivity index is 1.88. The van der Waals surface area contributed by atoms with Crippen molar-refractivity contribution in [3.63, 3.8) is 0 Å². The number of nitrogens with zero attached hydrogens (tertiary/aromatic N) is 2. The van der Waals surface area contributed by atoms with Gasteiger partial charge in [0.25, 0.3) is 0 Å². The SMILES string of the molecule is O=[N+]([O-])c1ccc(CO[P+](=O)OCc2ccc([N+](=O)[O-])c(O)c2)cc1O. The van der Waals surface area contributed by atoms with Crippen LogP contribution in [0.25, 0.3) is 0 Å². The molecule has 0 saturated heterocycles. The molecule has 0 aliphatic carbocycles. The molecule has 0 fully saturated rings. The van der Waals surface area contributed by atoms with E-state index >= 15 is 0 Å². The molecule has 0 unspecified atom stereocenters. The Morgan fingerprint density at radius 2 is 1.23 bits per heavy atom. The summed E-state index contributed by atoms with van der Waals surface area (Å²) in [5.74, 6) is -1.10. The van der Waals surface area contributed by atoms with Crippen molar-refractivity contribution >= 4 is 19.6 Å². The smallest absolute Gasteiger partial charge is 0.502 e. The highest BCUT2D eigenvalue weighted by Crippen LogP contribution is 2.32. The van der Waals surface area contributed by atoms with Crippen molar-refractivity contribution in [1.82, 2.24) is 0 Å². The maximum Gasteiger partial charge on any atom is 0.698 e. The molecule has 26 heavy (non-hydrogen) atoms. The maximum atomic E-state index is 11.7. The number of nitro groups is 2. The number of aromatic hydroxyl groups is 2. The van der Waals surface area contributed by atoms with E-state index in [1.807, 2.05) is 0 Å². The van der Waals surface area contributed by atoms with Crippen LogP contribution in [-0.4, -0.2) is 20.1 Å². The second kappa shape index (κ2) is 8.30. The van der Waals surface area contributed by atoms with Crippen molar-refractivity contribution in [1.29, 1.82) is 0 Å². The molecule has 0 spiro atoms. The molecule has 0 radical (unpaired) electrons. The molecule has 0 atom stereocenters. The van der Waals surface area contributed by atoms with Crippen LogP contribution >= 0.6 is 8.25 Å². The van der Waals surface area contributed by atoms with Gasteiger partial charge >= 0.3 is 19.6 Å². The van der Waals surface area contributed by atoms with E-state index in [2.05, 4.69) is 0 Å². The van der Waals surface area contributed by atoms with Crippen LogP contribution in [0.3, 0.4) is 0 Å². The highest BCUT2D eigenvalue weighted by molar-refractivity contribution is 7.33. The molecule has 0 aliphatic rings. The minimum absolute atomic E-state index is 0.230. The first-order chi connectivity index (χ1) is 12.3. The van der Waals surface area contributed by atoms with Crippen molar-refractivity contribution in [3.05, 3.63) is 67.8 Å². The Bertz CT molecular complexity index is 802. The third kappa shape index (κ3) is 4.93. The summed E-state index contributed by atoms with van der Waals surface area (Å²) >= 11 is 0. The summed E-state index contributed by atoms with van der Waals surface area (Å²) in [6.07, 6.45) is 0. The Morgan fingerprint density at radius 3 is 1.54 bits per heavy atom. The molecule has 0 aliphatic heterocycles. The van der Waals surface area contributed by atoms with Gasteiger partial charge in [0, 0.05) is 16.7 Å². The molecule has 2 rings (SSSR count). The van der Waals surface area contributed by atoms with E-state index in [0.717, 1.165) is 24.3 Å². The van der Waals surface area contributed by atoms with Gasteiger partial charge in [-0.25, -0.2) is 0 Å². The summed E-state index contributed by atoms with van der Waals surface area (Å²) in [5.41, 5.74) is -0.249. The first kappa shape index (κ1) is 19.2. The second-order valence-corrected chi connectivity index (χ2v) is 5.89. The van der Waals surface area contributed by atoms with Crippen LogP contribution in [0.1, 0.15) is 11.1 Å². The molecule has 12 heteroatoms. The largest absolute Gasteiger partial charge is 0.698 e. The molecule has 11 nitrogen and oxygen atoms in total. The predicted octanol–water partition coefficient (Wildman–Crippen LogP) is 3.31. The Hall–Kier alpha value is -3.14. The molecule has 136 valence electrons.